The summed E-state index contributed by atoms with van der Waals surface area (Å²) in [5.74, 6) is 0.175. The Labute approximate surface area is 239 Å². The van der Waals surface area contributed by atoms with E-state index in [1.54, 1.807) is 11.8 Å². The summed E-state index contributed by atoms with van der Waals surface area (Å²) in [6, 6.07) is 9.88. The third-order valence-electron chi connectivity index (χ3n) is 7.17. The molecule has 2 fully saturated rings. The van der Waals surface area contributed by atoms with Crippen molar-refractivity contribution < 1.29 is 28.6 Å². The normalized spacial score (nSPS) is 17.1. The molecule has 0 aliphatic carbocycles. The molecular formula is C30H48N4O6. The number of carbonyl (C=O) groups excluding carboxylic acids is 3. The smallest absolute Gasteiger partial charge is 0.410 e. The highest BCUT2D eigenvalue weighted by atomic mass is 16.6. The molecule has 0 saturated carbocycles. The van der Waals surface area contributed by atoms with Crippen molar-refractivity contribution >= 4 is 18.1 Å². The van der Waals surface area contributed by atoms with Crippen molar-refractivity contribution in [3.8, 4) is 0 Å². The maximum absolute atomic E-state index is 12.8. The first kappa shape index (κ1) is 31.7. The van der Waals surface area contributed by atoms with Crippen molar-refractivity contribution in [2.75, 3.05) is 59.0 Å². The molecule has 3 rings (SSSR count). The monoisotopic (exact) mass is 560 g/mol. The molecule has 2 aliphatic rings. The lowest BCUT2D eigenvalue weighted by atomic mass is 9.98. The number of urea groups is 1. The van der Waals surface area contributed by atoms with Crippen LogP contribution in [0.4, 0.5) is 9.59 Å². The predicted octanol–water partition coefficient (Wildman–Crippen LogP) is 3.89. The van der Waals surface area contributed by atoms with E-state index < -0.39 is 5.60 Å². The fourth-order valence-corrected chi connectivity index (χ4v) is 4.98. The van der Waals surface area contributed by atoms with Crippen molar-refractivity contribution in [3.63, 3.8) is 0 Å². The summed E-state index contributed by atoms with van der Waals surface area (Å²) in [5, 5.41) is 3.01. The van der Waals surface area contributed by atoms with Gasteiger partial charge in [-0.25, -0.2) is 9.59 Å². The Morgan fingerprint density at radius 3 is 2.25 bits per heavy atom. The number of nitrogens with one attached hydrogen (secondary N) is 1. The lowest BCUT2D eigenvalue weighted by molar-refractivity contribution is -0.144. The number of nitrogens with zero attached hydrogens (tertiary/aromatic N) is 3. The maximum Gasteiger partial charge on any atom is 0.410 e. The summed E-state index contributed by atoms with van der Waals surface area (Å²) in [7, 11) is 0. The molecule has 0 aromatic heterocycles. The number of carbonyl (C=O) groups is 3. The molecule has 0 radical (unpaired) electrons. The van der Waals surface area contributed by atoms with Crippen LogP contribution in [0.25, 0.3) is 0 Å². The summed E-state index contributed by atoms with van der Waals surface area (Å²) < 4.78 is 16.8. The van der Waals surface area contributed by atoms with E-state index >= 15 is 0 Å². The number of piperidine rings is 2. The number of benzene rings is 1. The highest BCUT2D eigenvalue weighted by Crippen LogP contribution is 2.22. The number of ether oxygens (including phenoxy) is 3. The first-order valence-corrected chi connectivity index (χ1v) is 14.7. The van der Waals surface area contributed by atoms with E-state index in [0.717, 1.165) is 31.2 Å². The van der Waals surface area contributed by atoms with Gasteiger partial charge in [0.15, 0.2) is 0 Å². The molecule has 2 aliphatic heterocycles. The van der Waals surface area contributed by atoms with Crippen LogP contribution in [0, 0.1) is 5.92 Å². The summed E-state index contributed by atoms with van der Waals surface area (Å²) in [4.78, 5) is 42.7. The van der Waals surface area contributed by atoms with Crippen LogP contribution in [0.3, 0.4) is 0 Å². The molecule has 1 aromatic carbocycles. The van der Waals surface area contributed by atoms with E-state index in [-0.39, 0.29) is 30.7 Å². The van der Waals surface area contributed by atoms with Crippen LogP contribution in [0.1, 0.15) is 58.9 Å². The van der Waals surface area contributed by atoms with Crippen LogP contribution in [0.2, 0.25) is 0 Å². The molecule has 0 bridgehead atoms. The quantitative estimate of drug-likeness (QED) is 0.410. The van der Waals surface area contributed by atoms with E-state index in [1.165, 1.54) is 0 Å². The largest absolute Gasteiger partial charge is 0.465 e. The van der Waals surface area contributed by atoms with Crippen molar-refractivity contribution in [1.29, 1.82) is 0 Å². The lowest BCUT2D eigenvalue weighted by Crippen LogP contribution is -2.48. The van der Waals surface area contributed by atoms with Gasteiger partial charge in [0.1, 0.15) is 5.60 Å². The van der Waals surface area contributed by atoms with Gasteiger partial charge < -0.3 is 29.3 Å². The van der Waals surface area contributed by atoms with Gasteiger partial charge in [-0.05, 0) is 64.9 Å². The van der Waals surface area contributed by atoms with Gasteiger partial charge >= 0.3 is 18.1 Å². The lowest BCUT2D eigenvalue weighted by Gasteiger charge is -2.35. The topological polar surface area (TPSA) is 101 Å². The molecule has 0 spiro atoms. The predicted molar refractivity (Wildman–Crippen MR) is 153 cm³/mol. The highest BCUT2D eigenvalue weighted by molar-refractivity contribution is 5.74. The van der Waals surface area contributed by atoms with Gasteiger partial charge in [-0.3, -0.25) is 9.69 Å². The molecule has 3 amide bonds. The summed E-state index contributed by atoms with van der Waals surface area (Å²) >= 11 is 0. The summed E-state index contributed by atoms with van der Waals surface area (Å²) in [6.07, 6.45) is 3.37. The van der Waals surface area contributed by atoms with E-state index in [1.807, 2.05) is 60.9 Å². The molecule has 10 heteroatoms. The average Bonchev–Trinajstić information content (AvgIpc) is 2.92. The van der Waals surface area contributed by atoms with Gasteiger partial charge in [0, 0.05) is 52.4 Å². The summed E-state index contributed by atoms with van der Waals surface area (Å²) in [5.41, 5.74) is 0.629. The van der Waals surface area contributed by atoms with Crippen LogP contribution >= 0.6 is 0 Å². The third kappa shape index (κ3) is 11.3. The van der Waals surface area contributed by atoms with Gasteiger partial charge in [-0.2, -0.15) is 0 Å². The highest BCUT2D eigenvalue weighted by Gasteiger charge is 2.28. The number of rotatable bonds is 11. The van der Waals surface area contributed by atoms with E-state index in [0.29, 0.717) is 64.9 Å². The first-order valence-electron chi connectivity index (χ1n) is 14.7. The average molecular weight is 561 g/mol. The van der Waals surface area contributed by atoms with Crippen molar-refractivity contribution in [2.45, 2.75) is 71.6 Å². The zero-order valence-electron chi connectivity index (χ0n) is 24.7. The Hall–Kier alpha value is -2.85. The number of esters is 1. The van der Waals surface area contributed by atoms with E-state index in [9.17, 15) is 14.4 Å². The van der Waals surface area contributed by atoms with Crippen LogP contribution < -0.4 is 5.32 Å². The van der Waals surface area contributed by atoms with Crippen LogP contribution in [0.15, 0.2) is 30.3 Å². The Kier molecular flexibility index (Phi) is 12.5. The third-order valence-corrected chi connectivity index (χ3v) is 7.17. The van der Waals surface area contributed by atoms with E-state index in [2.05, 4.69) is 5.32 Å². The van der Waals surface area contributed by atoms with Crippen LogP contribution in [-0.4, -0.2) is 104 Å². The number of hydrogen-bond acceptors (Lipinski definition) is 7. The molecule has 0 atom stereocenters. The van der Waals surface area contributed by atoms with Crippen molar-refractivity contribution in [3.05, 3.63) is 35.9 Å². The number of hydrogen-bond donors (Lipinski definition) is 1. The molecule has 1 N–H and O–H groups in total. The zero-order chi connectivity index (χ0) is 29.0. The molecule has 1 aromatic rings. The van der Waals surface area contributed by atoms with E-state index in [4.69, 9.17) is 14.2 Å². The van der Waals surface area contributed by atoms with Crippen molar-refractivity contribution in [2.24, 2.45) is 5.92 Å². The minimum Gasteiger partial charge on any atom is -0.465 e. The van der Waals surface area contributed by atoms with Crippen LogP contribution in [0.5, 0.6) is 0 Å². The van der Waals surface area contributed by atoms with Gasteiger partial charge in [0.05, 0.1) is 19.3 Å². The molecule has 2 heterocycles. The minimum atomic E-state index is -0.477. The SMILES string of the molecule is CCOC(=O)CN(CCNC(=O)N1CCC(OCC2CCN(C(=O)OC(C)(C)C)CC2)CC1)Cc1ccccc1. The molecule has 2 saturated heterocycles. The fraction of sp³-hybridized carbons (Fsp3) is 0.700. The fourth-order valence-electron chi connectivity index (χ4n) is 4.98. The Balaban J connectivity index is 1.32. The second kappa shape index (κ2) is 15.8. The molecule has 10 nitrogen and oxygen atoms in total. The molecule has 40 heavy (non-hydrogen) atoms. The number of likely N-dealkylation sites (tertiary alicyclic amines) is 2. The first-order chi connectivity index (χ1) is 19.1. The van der Waals surface area contributed by atoms with Gasteiger partial charge in [0.2, 0.25) is 0 Å². The van der Waals surface area contributed by atoms with Crippen molar-refractivity contribution in [1.82, 2.24) is 20.0 Å². The Morgan fingerprint density at radius 1 is 0.975 bits per heavy atom. The van der Waals surface area contributed by atoms with Gasteiger partial charge in [-0.1, -0.05) is 30.3 Å². The zero-order valence-corrected chi connectivity index (χ0v) is 24.7. The molecular weight excluding hydrogens is 512 g/mol. The maximum atomic E-state index is 12.8. The summed E-state index contributed by atoms with van der Waals surface area (Å²) in [6.45, 7) is 13.0. The Bertz CT molecular complexity index is 922. The van der Waals surface area contributed by atoms with Crippen LogP contribution in [-0.2, 0) is 25.5 Å². The second-order valence-electron chi connectivity index (χ2n) is 11.7. The second-order valence-corrected chi connectivity index (χ2v) is 11.7. The standard InChI is InChI=1S/C30H48N4O6/c1-5-38-27(35)22-32(21-24-9-7-6-8-10-24)20-15-31-28(36)33-18-13-26(14-19-33)39-23-25-11-16-34(17-12-25)29(37)40-30(2,3)4/h6-10,25-26H,5,11-23H2,1-4H3,(H,31,36). The molecule has 224 valence electrons. The van der Waals surface area contributed by atoms with Gasteiger partial charge in [0.25, 0.3) is 0 Å². The minimum absolute atomic E-state index is 0.0799. The Morgan fingerprint density at radius 2 is 1.62 bits per heavy atom. The van der Waals surface area contributed by atoms with Gasteiger partial charge in [-0.15, -0.1) is 0 Å². The number of amides is 3. The molecule has 0 unspecified atom stereocenters.